The monoisotopic (exact) mass is 363 g/mol. The number of hydrogen-bond donors (Lipinski definition) is 1. The molecular weight excluding hydrogens is 330 g/mol. The maximum atomic E-state index is 11.6. The van der Waals surface area contributed by atoms with Crippen molar-refractivity contribution in [1.29, 1.82) is 0 Å². The van der Waals surface area contributed by atoms with Crippen molar-refractivity contribution in [3.63, 3.8) is 0 Å². The molecule has 1 heterocycles. The lowest BCUT2D eigenvalue weighted by atomic mass is 9.86. The van der Waals surface area contributed by atoms with Crippen molar-refractivity contribution in [3.8, 4) is 5.75 Å². The molecule has 2 rings (SSSR count). The van der Waals surface area contributed by atoms with E-state index in [0.717, 1.165) is 37.2 Å². The van der Waals surface area contributed by atoms with Gasteiger partial charge < -0.3 is 19.5 Å². The number of piperidine rings is 1. The summed E-state index contributed by atoms with van der Waals surface area (Å²) < 4.78 is 10.6. The summed E-state index contributed by atoms with van der Waals surface area (Å²) in [6.45, 7) is 11.0. The van der Waals surface area contributed by atoms with Crippen molar-refractivity contribution >= 4 is 5.97 Å². The number of hydrogen-bond acceptors (Lipinski definition) is 5. The second-order valence-electron chi connectivity index (χ2n) is 8.29. The molecule has 0 amide bonds. The molecule has 1 fully saturated rings. The lowest BCUT2D eigenvalue weighted by molar-refractivity contribution is -0.147. The molecule has 0 aliphatic carbocycles. The van der Waals surface area contributed by atoms with Crippen LogP contribution < -0.4 is 4.74 Å². The van der Waals surface area contributed by atoms with Crippen LogP contribution in [-0.4, -0.2) is 55.4 Å². The molecule has 1 aromatic rings. The van der Waals surface area contributed by atoms with Crippen LogP contribution in [0.3, 0.4) is 0 Å². The standard InChI is InChI=1S/C21H33NO4/c1-15-12-17(21(2,3)4)6-7-19(15)26-14-18(23)13-22-10-8-16(9-11-22)20(24)25-5/h6-7,12,16,18,23H,8-11,13-14H2,1-5H3/t18-/m0/s1. The fourth-order valence-corrected chi connectivity index (χ4v) is 3.33. The smallest absolute Gasteiger partial charge is 0.308 e. The van der Waals surface area contributed by atoms with Gasteiger partial charge in [0.15, 0.2) is 0 Å². The number of β-amino-alcohol motifs (C(OH)–C–C–N with tert-alkyl or cyclic N) is 1. The van der Waals surface area contributed by atoms with Crippen LogP contribution in [0.15, 0.2) is 18.2 Å². The molecule has 1 aliphatic rings. The van der Waals surface area contributed by atoms with Crippen LogP contribution in [0.25, 0.3) is 0 Å². The second kappa shape index (κ2) is 8.87. The predicted octanol–water partition coefficient (Wildman–Crippen LogP) is 2.92. The Hall–Kier alpha value is -1.59. The van der Waals surface area contributed by atoms with E-state index in [1.165, 1.54) is 12.7 Å². The molecule has 1 aromatic carbocycles. The maximum absolute atomic E-state index is 11.6. The Morgan fingerprint density at radius 1 is 1.31 bits per heavy atom. The van der Waals surface area contributed by atoms with Gasteiger partial charge in [-0.15, -0.1) is 0 Å². The van der Waals surface area contributed by atoms with Crippen LogP contribution in [-0.2, 0) is 14.9 Å². The van der Waals surface area contributed by atoms with Crippen LogP contribution in [0.4, 0.5) is 0 Å². The number of carbonyl (C=O) groups is 1. The summed E-state index contributed by atoms with van der Waals surface area (Å²) in [5.41, 5.74) is 2.47. The van der Waals surface area contributed by atoms with Gasteiger partial charge in [-0.2, -0.15) is 0 Å². The van der Waals surface area contributed by atoms with Crippen molar-refractivity contribution in [1.82, 2.24) is 4.90 Å². The van der Waals surface area contributed by atoms with Crippen LogP contribution in [0.5, 0.6) is 5.75 Å². The summed E-state index contributed by atoms with van der Waals surface area (Å²) in [5.74, 6) is 0.692. The first-order valence-corrected chi connectivity index (χ1v) is 9.43. The highest BCUT2D eigenvalue weighted by Crippen LogP contribution is 2.27. The quantitative estimate of drug-likeness (QED) is 0.788. The van der Waals surface area contributed by atoms with Gasteiger partial charge in [-0.05, 0) is 55.5 Å². The summed E-state index contributed by atoms with van der Waals surface area (Å²) >= 11 is 0. The van der Waals surface area contributed by atoms with Crippen molar-refractivity contribution in [2.24, 2.45) is 5.92 Å². The van der Waals surface area contributed by atoms with Crippen LogP contribution in [0.1, 0.15) is 44.7 Å². The number of ether oxygens (including phenoxy) is 2. The molecule has 1 saturated heterocycles. The molecule has 1 aliphatic heterocycles. The molecule has 5 nitrogen and oxygen atoms in total. The molecule has 1 atom stereocenters. The molecule has 0 radical (unpaired) electrons. The molecule has 5 heteroatoms. The van der Waals surface area contributed by atoms with E-state index in [1.807, 2.05) is 13.0 Å². The number of esters is 1. The Kier molecular flexibility index (Phi) is 7.07. The highest BCUT2D eigenvalue weighted by atomic mass is 16.5. The molecule has 1 N–H and O–H groups in total. The minimum Gasteiger partial charge on any atom is -0.491 e. The minimum absolute atomic E-state index is 0.00590. The summed E-state index contributed by atoms with van der Waals surface area (Å²) in [7, 11) is 1.44. The third-order valence-corrected chi connectivity index (χ3v) is 5.06. The molecule has 0 bridgehead atoms. The number of aliphatic hydroxyl groups excluding tert-OH is 1. The maximum Gasteiger partial charge on any atom is 0.308 e. The lowest BCUT2D eigenvalue weighted by Gasteiger charge is -2.31. The van der Waals surface area contributed by atoms with Gasteiger partial charge in [0, 0.05) is 6.54 Å². The number of methoxy groups -OCH3 is 1. The Morgan fingerprint density at radius 3 is 2.50 bits per heavy atom. The van der Waals surface area contributed by atoms with E-state index >= 15 is 0 Å². The van der Waals surface area contributed by atoms with E-state index in [-0.39, 0.29) is 23.9 Å². The predicted molar refractivity (Wildman–Crippen MR) is 103 cm³/mol. The molecule has 146 valence electrons. The number of carbonyl (C=O) groups excluding carboxylic acids is 1. The number of aliphatic hydroxyl groups is 1. The van der Waals surface area contributed by atoms with Gasteiger partial charge in [0.25, 0.3) is 0 Å². The van der Waals surface area contributed by atoms with Crippen molar-refractivity contribution in [2.45, 2.75) is 52.1 Å². The lowest BCUT2D eigenvalue weighted by Crippen LogP contribution is -2.42. The van der Waals surface area contributed by atoms with Crippen LogP contribution in [0, 0.1) is 12.8 Å². The topological polar surface area (TPSA) is 59.0 Å². The van der Waals surface area contributed by atoms with E-state index in [2.05, 4.69) is 37.8 Å². The fourth-order valence-electron chi connectivity index (χ4n) is 3.33. The third kappa shape index (κ3) is 5.71. The zero-order valence-electron chi connectivity index (χ0n) is 16.7. The van der Waals surface area contributed by atoms with E-state index in [4.69, 9.17) is 9.47 Å². The average molecular weight is 363 g/mol. The summed E-state index contributed by atoms with van der Waals surface area (Å²) in [6.07, 6.45) is 1.02. The highest BCUT2D eigenvalue weighted by Gasteiger charge is 2.26. The van der Waals surface area contributed by atoms with E-state index in [1.54, 1.807) is 0 Å². The second-order valence-corrected chi connectivity index (χ2v) is 8.29. The van der Waals surface area contributed by atoms with Gasteiger partial charge in [-0.1, -0.05) is 32.9 Å². The summed E-state index contributed by atoms with van der Waals surface area (Å²) in [5, 5.41) is 10.3. The van der Waals surface area contributed by atoms with Gasteiger partial charge in [0.05, 0.1) is 13.0 Å². The SMILES string of the molecule is COC(=O)C1CCN(C[C@H](O)COc2ccc(C(C)(C)C)cc2C)CC1. The Labute approximate surface area is 157 Å². The molecule has 26 heavy (non-hydrogen) atoms. The van der Waals surface area contributed by atoms with E-state index in [0.29, 0.717) is 6.54 Å². The van der Waals surface area contributed by atoms with Gasteiger partial charge in [-0.25, -0.2) is 0 Å². The number of nitrogens with zero attached hydrogens (tertiary/aromatic N) is 1. The van der Waals surface area contributed by atoms with Gasteiger partial charge in [0.2, 0.25) is 0 Å². The largest absolute Gasteiger partial charge is 0.491 e. The molecular formula is C21H33NO4. The number of benzene rings is 1. The first kappa shape index (κ1) is 20.7. The molecule has 0 spiro atoms. The zero-order chi connectivity index (χ0) is 19.3. The van der Waals surface area contributed by atoms with Crippen molar-refractivity contribution in [2.75, 3.05) is 33.4 Å². The Bertz CT molecular complexity index is 601. The first-order chi connectivity index (χ1) is 12.2. The first-order valence-electron chi connectivity index (χ1n) is 9.43. The van der Waals surface area contributed by atoms with E-state index < -0.39 is 6.10 Å². The highest BCUT2D eigenvalue weighted by molar-refractivity contribution is 5.72. The van der Waals surface area contributed by atoms with Crippen molar-refractivity contribution < 1.29 is 19.4 Å². The Balaban J connectivity index is 1.79. The molecule has 0 unspecified atom stereocenters. The number of aryl methyl sites for hydroxylation is 1. The summed E-state index contributed by atoms with van der Waals surface area (Å²) in [6, 6.07) is 6.23. The minimum atomic E-state index is -0.550. The van der Waals surface area contributed by atoms with Crippen molar-refractivity contribution in [3.05, 3.63) is 29.3 Å². The molecule has 0 saturated carbocycles. The van der Waals surface area contributed by atoms with Gasteiger partial charge >= 0.3 is 5.97 Å². The zero-order valence-corrected chi connectivity index (χ0v) is 16.7. The van der Waals surface area contributed by atoms with E-state index in [9.17, 15) is 9.90 Å². The Morgan fingerprint density at radius 2 is 1.96 bits per heavy atom. The third-order valence-electron chi connectivity index (χ3n) is 5.06. The number of rotatable bonds is 6. The van der Waals surface area contributed by atoms with Crippen LogP contribution in [0.2, 0.25) is 0 Å². The fraction of sp³-hybridized carbons (Fsp3) is 0.667. The van der Waals surface area contributed by atoms with Gasteiger partial charge in [-0.3, -0.25) is 4.79 Å². The van der Waals surface area contributed by atoms with Crippen LogP contribution >= 0.6 is 0 Å². The average Bonchev–Trinajstić information content (AvgIpc) is 2.59. The molecule has 0 aromatic heterocycles. The summed E-state index contributed by atoms with van der Waals surface area (Å²) in [4.78, 5) is 13.7. The number of likely N-dealkylation sites (tertiary alicyclic amines) is 1. The normalized spacial score (nSPS) is 17.8. The van der Waals surface area contributed by atoms with Gasteiger partial charge in [0.1, 0.15) is 18.5 Å².